The average molecular weight is 1030 g/mol. The van der Waals surface area contributed by atoms with Crippen molar-refractivity contribution in [1.29, 1.82) is 0 Å². The number of fused-ring (bicyclic) bond motifs is 20. The standard InChI is InChI=1S/C74H48N2S2/c1-2-18-49(19-3-1)76-67-29-13-6-22-57(67)58-44-48(36-43-68(58)76)47-34-37-50(38-35-47)75(51-39-41-55-53-20-4-7-23-59(53)73(65(55)45-51)61-25-9-14-30-69(61)77-70-31-15-10-26-62(70)73)52-40-42-56-54-21-5-8-24-60(54)74(66(56)46-52)63-27-11-16-32-71(63)78-72-33-17-12-28-64(72)74/h1-7,9-23,25-46H,8,24H2. The van der Waals surface area contributed by atoms with Gasteiger partial charge in [0.05, 0.1) is 21.9 Å². The van der Waals surface area contributed by atoms with Crippen LogP contribution < -0.4 is 4.90 Å². The molecule has 0 N–H and O–H groups in total. The van der Waals surface area contributed by atoms with E-state index in [1.165, 1.54) is 125 Å². The van der Waals surface area contributed by atoms with Crippen molar-refractivity contribution in [2.45, 2.75) is 43.3 Å². The zero-order chi connectivity index (χ0) is 51.1. The predicted octanol–water partition coefficient (Wildman–Crippen LogP) is 19.7. The van der Waals surface area contributed by atoms with Gasteiger partial charge in [0.15, 0.2) is 0 Å². The maximum absolute atomic E-state index is 2.56. The molecule has 1 aromatic heterocycles. The molecular weight excluding hydrogens is 981 g/mol. The topological polar surface area (TPSA) is 8.17 Å². The van der Waals surface area contributed by atoms with Crippen molar-refractivity contribution < 1.29 is 0 Å². The van der Waals surface area contributed by atoms with E-state index in [4.69, 9.17) is 0 Å². The first-order valence-corrected chi connectivity index (χ1v) is 28.8. The Morgan fingerprint density at radius 3 is 1.53 bits per heavy atom. The lowest BCUT2D eigenvalue weighted by Gasteiger charge is -2.42. The Morgan fingerprint density at radius 2 is 0.859 bits per heavy atom. The second-order valence-corrected chi connectivity index (χ2v) is 23.5. The Bertz CT molecular complexity index is 4490. The summed E-state index contributed by atoms with van der Waals surface area (Å²) in [4.78, 5) is 7.82. The Labute approximate surface area is 462 Å². The van der Waals surface area contributed by atoms with Crippen LogP contribution in [0.2, 0.25) is 0 Å². The molecule has 0 saturated heterocycles. The Balaban J connectivity index is 0.891. The van der Waals surface area contributed by atoms with E-state index >= 15 is 0 Å². The molecule has 12 aromatic rings. The highest BCUT2D eigenvalue weighted by Gasteiger charge is 2.53. The number of benzene rings is 11. The van der Waals surface area contributed by atoms with Crippen LogP contribution >= 0.6 is 23.5 Å². The van der Waals surface area contributed by atoms with Crippen molar-refractivity contribution in [3.63, 3.8) is 0 Å². The van der Waals surface area contributed by atoms with Gasteiger partial charge in [0.1, 0.15) is 0 Å². The van der Waals surface area contributed by atoms with E-state index in [1.54, 1.807) is 0 Å². The fourth-order valence-electron chi connectivity index (χ4n) is 14.5. The van der Waals surface area contributed by atoms with Crippen LogP contribution in [0, 0.1) is 0 Å². The number of rotatable bonds is 5. The van der Waals surface area contributed by atoms with Gasteiger partial charge in [-0.15, -0.1) is 0 Å². The molecule has 78 heavy (non-hydrogen) atoms. The summed E-state index contributed by atoms with van der Waals surface area (Å²) in [5.74, 6) is 0. The molecule has 366 valence electrons. The van der Waals surface area contributed by atoms with Crippen LogP contribution in [-0.2, 0) is 10.8 Å². The minimum Gasteiger partial charge on any atom is -0.310 e. The maximum atomic E-state index is 2.56. The van der Waals surface area contributed by atoms with Crippen LogP contribution in [0.15, 0.2) is 292 Å². The zero-order valence-corrected chi connectivity index (χ0v) is 44.2. The Kier molecular flexibility index (Phi) is 9.58. The number of hydrogen-bond acceptors (Lipinski definition) is 3. The predicted molar refractivity (Wildman–Crippen MR) is 325 cm³/mol. The lowest BCUT2D eigenvalue weighted by Crippen LogP contribution is -2.33. The smallest absolute Gasteiger partial charge is 0.0736 e. The monoisotopic (exact) mass is 1030 g/mol. The van der Waals surface area contributed by atoms with Crippen molar-refractivity contribution in [3.8, 4) is 27.9 Å². The molecule has 0 radical (unpaired) electrons. The summed E-state index contributed by atoms with van der Waals surface area (Å²) < 4.78 is 2.39. The minimum absolute atomic E-state index is 0.432. The molecule has 0 saturated carbocycles. The summed E-state index contributed by atoms with van der Waals surface area (Å²) in [7, 11) is 0. The highest BCUT2D eigenvalue weighted by atomic mass is 32.2. The lowest BCUT2D eigenvalue weighted by molar-refractivity contribution is 0.664. The van der Waals surface area contributed by atoms with Gasteiger partial charge in [-0.3, -0.25) is 0 Å². The number of anilines is 3. The average Bonchev–Trinajstić information content (AvgIpc) is 4.14. The van der Waals surface area contributed by atoms with E-state index in [2.05, 4.69) is 276 Å². The van der Waals surface area contributed by atoms with Gasteiger partial charge >= 0.3 is 0 Å². The summed E-state index contributed by atoms with van der Waals surface area (Å²) in [6.45, 7) is 0. The number of para-hydroxylation sites is 2. The zero-order valence-electron chi connectivity index (χ0n) is 42.5. The second kappa shape index (κ2) is 16.8. The first-order chi connectivity index (χ1) is 38.7. The van der Waals surface area contributed by atoms with Gasteiger partial charge in [-0.2, -0.15) is 0 Å². The molecule has 3 heterocycles. The van der Waals surface area contributed by atoms with E-state index in [1.807, 2.05) is 23.5 Å². The van der Waals surface area contributed by atoms with Gasteiger partial charge in [0.25, 0.3) is 0 Å². The highest BCUT2D eigenvalue weighted by Crippen LogP contribution is 2.65. The van der Waals surface area contributed by atoms with Crippen LogP contribution in [0.1, 0.15) is 57.3 Å². The SMILES string of the molecule is C1=CC2=C(CC1)C1(c3ccccc3Sc3ccccc31)c1cc(N(c3ccc(-c4ccc5c(c4)c4ccccc4n5-c4ccccc4)cc3)c3ccc4c(c3)C3(c5ccccc5Sc5ccccc53)c3ccccc3-4)ccc12. The largest absolute Gasteiger partial charge is 0.310 e. The molecule has 3 aliphatic carbocycles. The summed E-state index contributed by atoms with van der Waals surface area (Å²) in [6, 6.07) is 96.5. The summed E-state index contributed by atoms with van der Waals surface area (Å²) in [5, 5.41) is 2.50. The van der Waals surface area contributed by atoms with Gasteiger partial charge in [0.2, 0.25) is 0 Å². The van der Waals surface area contributed by atoms with Gasteiger partial charge in [-0.05, 0) is 182 Å². The lowest BCUT2D eigenvalue weighted by atomic mass is 9.65. The molecule has 2 spiro atoms. The van der Waals surface area contributed by atoms with Crippen molar-refractivity contribution in [3.05, 3.63) is 317 Å². The first kappa shape index (κ1) is 44.3. The van der Waals surface area contributed by atoms with Gasteiger partial charge in [-0.1, -0.05) is 199 Å². The second-order valence-electron chi connectivity index (χ2n) is 21.3. The van der Waals surface area contributed by atoms with E-state index in [0.29, 0.717) is 0 Å². The molecule has 0 atom stereocenters. The van der Waals surface area contributed by atoms with Crippen LogP contribution in [-0.4, -0.2) is 4.57 Å². The fraction of sp³-hybridized carbons (Fsp3) is 0.0541. The highest BCUT2D eigenvalue weighted by molar-refractivity contribution is 7.99. The summed E-state index contributed by atoms with van der Waals surface area (Å²) in [6.07, 6.45) is 6.85. The van der Waals surface area contributed by atoms with Crippen LogP contribution in [0.25, 0.3) is 55.3 Å². The normalized spacial score (nSPS) is 15.3. The third-order valence-corrected chi connectivity index (χ3v) is 19.9. The fourth-order valence-corrected chi connectivity index (χ4v) is 16.9. The van der Waals surface area contributed by atoms with Crippen LogP contribution in [0.3, 0.4) is 0 Å². The molecule has 4 heteroatoms. The summed E-state index contributed by atoms with van der Waals surface area (Å²) >= 11 is 3.81. The molecular formula is C74H48N2S2. The number of aromatic nitrogens is 1. The molecule has 2 nitrogen and oxygen atoms in total. The van der Waals surface area contributed by atoms with Crippen molar-refractivity contribution >= 4 is 68.0 Å². The van der Waals surface area contributed by atoms with Crippen molar-refractivity contribution in [1.82, 2.24) is 4.57 Å². The molecule has 0 unspecified atom stereocenters. The van der Waals surface area contributed by atoms with E-state index in [0.717, 1.165) is 29.9 Å². The Hall–Kier alpha value is -8.80. The molecule has 11 aromatic carbocycles. The van der Waals surface area contributed by atoms with Gasteiger partial charge in [0, 0.05) is 53.1 Å². The molecule has 5 aliphatic rings. The molecule has 0 amide bonds. The molecule has 2 aliphatic heterocycles. The quantitative estimate of drug-likeness (QED) is 0.170. The first-order valence-electron chi connectivity index (χ1n) is 27.2. The van der Waals surface area contributed by atoms with Crippen LogP contribution in [0.4, 0.5) is 17.1 Å². The molecule has 17 rings (SSSR count). The van der Waals surface area contributed by atoms with Crippen molar-refractivity contribution in [2.24, 2.45) is 0 Å². The number of nitrogens with zero attached hydrogens (tertiary/aromatic N) is 2. The number of allylic oxidation sites excluding steroid dienone is 4. The Morgan fingerprint density at radius 1 is 0.359 bits per heavy atom. The maximum Gasteiger partial charge on any atom is 0.0736 e. The molecule has 0 bridgehead atoms. The van der Waals surface area contributed by atoms with Gasteiger partial charge in [-0.25, -0.2) is 0 Å². The van der Waals surface area contributed by atoms with E-state index in [-0.39, 0.29) is 0 Å². The van der Waals surface area contributed by atoms with E-state index < -0.39 is 10.8 Å². The van der Waals surface area contributed by atoms with Gasteiger partial charge < -0.3 is 9.47 Å². The van der Waals surface area contributed by atoms with Crippen LogP contribution in [0.5, 0.6) is 0 Å². The van der Waals surface area contributed by atoms with Crippen molar-refractivity contribution in [2.75, 3.05) is 4.90 Å². The molecule has 0 fully saturated rings. The third-order valence-electron chi connectivity index (χ3n) is 17.6. The third kappa shape index (κ3) is 6.02. The van der Waals surface area contributed by atoms with E-state index in [9.17, 15) is 0 Å². The summed E-state index contributed by atoms with van der Waals surface area (Å²) in [5.41, 5.74) is 24.7. The minimum atomic E-state index is -0.511. The number of hydrogen-bond donors (Lipinski definition) is 0.